The molecule has 1 saturated heterocycles. The third-order valence-corrected chi connectivity index (χ3v) is 4.98. The SMILES string of the molecule is CCN1CCN(c2ccccc2NC(=O)c2cccc(C)c2[N+](=O)[O-])CC1. The van der Waals surface area contributed by atoms with E-state index in [4.69, 9.17) is 0 Å². The van der Waals surface area contributed by atoms with Crippen LogP contribution in [-0.4, -0.2) is 48.5 Å². The third kappa shape index (κ3) is 4.09. The van der Waals surface area contributed by atoms with Gasteiger partial charge in [-0.15, -0.1) is 0 Å². The zero-order chi connectivity index (χ0) is 19.4. The smallest absolute Gasteiger partial charge is 0.285 e. The van der Waals surface area contributed by atoms with Gasteiger partial charge in [-0.1, -0.05) is 31.2 Å². The van der Waals surface area contributed by atoms with Gasteiger partial charge in [-0.2, -0.15) is 0 Å². The molecule has 0 radical (unpaired) electrons. The van der Waals surface area contributed by atoms with Crippen LogP contribution in [0, 0.1) is 17.0 Å². The average molecular weight is 368 g/mol. The summed E-state index contributed by atoms with van der Waals surface area (Å²) in [5.41, 5.74) is 2.01. The number of para-hydroxylation sites is 3. The number of nitro benzene ring substituents is 1. The van der Waals surface area contributed by atoms with E-state index in [0.29, 0.717) is 11.3 Å². The molecule has 0 atom stereocenters. The molecule has 0 bridgehead atoms. The molecule has 1 amide bonds. The lowest BCUT2D eigenvalue weighted by Gasteiger charge is -2.36. The number of benzene rings is 2. The van der Waals surface area contributed by atoms with Crippen molar-refractivity contribution in [2.75, 3.05) is 42.9 Å². The van der Waals surface area contributed by atoms with E-state index in [0.717, 1.165) is 38.4 Å². The summed E-state index contributed by atoms with van der Waals surface area (Å²) >= 11 is 0. The number of carbonyl (C=O) groups is 1. The summed E-state index contributed by atoms with van der Waals surface area (Å²) in [4.78, 5) is 28.3. The molecule has 1 aliphatic heterocycles. The van der Waals surface area contributed by atoms with Crippen LogP contribution in [0.5, 0.6) is 0 Å². The van der Waals surface area contributed by atoms with Crippen molar-refractivity contribution in [3.05, 3.63) is 63.7 Å². The standard InChI is InChI=1S/C20H24N4O3/c1-3-22-11-13-23(14-12-22)18-10-5-4-9-17(18)21-20(25)16-8-6-7-15(2)19(16)24(26)27/h4-10H,3,11-14H2,1-2H3,(H,21,25). The summed E-state index contributed by atoms with van der Waals surface area (Å²) in [5.74, 6) is -0.468. The highest BCUT2D eigenvalue weighted by molar-refractivity contribution is 6.08. The van der Waals surface area contributed by atoms with Crippen LogP contribution < -0.4 is 10.2 Å². The van der Waals surface area contributed by atoms with Gasteiger partial charge in [0.05, 0.1) is 16.3 Å². The number of nitrogens with one attached hydrogen (secondary N) is 1. The molecule has 1 N–H and O–H groups in total. The fraction of sp³-hybridized carbons (Fsp3) is 0.350. The molecule has 1 heterocycles. The number of rotatable bonds is 5. The molecule has 2 aromatic rings. The molecule has 0 aliphatic carbocycles. The minimum absolute atomic E-state index is 0.0746. The van der Waals surface area contributed by atoms with Crippen molar-refractivity contribution in [1.82, 2.24) is 4.90 Å². The molecule has 27 heavy (non-hydrogen) atoms. The molecule has 142 valence electrons. The minimum atomic E-state index is -0.500. The number of hydrogen-bond acceptors (Lipinski definition) is 5. The number of nitro groups is 1. The molecule has 0 unspecified atom stereocenters. The van der Waals surface area contributed by atoms with Gasteiger partial charge >= 0.3 is 0 Å². The number of hydrogen-bond donors (Lipinski definition) is 1. The van der Waals surface area contributed by atoms with Crippen molar-refractivity contribution in [3.63, 3.8) is 0 Å². The summed E-state index contributed by atoms with van der Waals surface area (Å²) in [6.45, 7) is 8.53. The van der Waals surface area contributed by atoms with Crippen LogP contribution in [0.2, 0.25) is 0 Å². The van der Waals surface area contributed by atoms with E-state index in [1.807, 2.05) is 24.3 Å². The number of carbonyl (C=O) groups excluding carboxylic acids is 1. The van der Waals surface area contributed by atoms with Crippen molar-refractivity contribution in [1.29, 1.82) is 0 Å². The predicted molar refractivity (Wildman–Crippen MR) is 107 cm³/mol. The predicted octanol–water partition coefficient (Wildman–Crippen LogP) is 3.30. The molecular weight excluding hydrogens is 344 g/mol. The summed E-state index contributed by atoms with van der Waals surface area (Å²) in [6, 6.07) is 12.4. The van der Waals surface area contributed by atoms with Crippen molar-refractivity contribution in [2.45, 2.75) is 13.8 Å². The lowest BCUT2D eigenvalue weighted by Crippen LogP contribution is -2.46. The first-order chi connectivity index (χ1) is 13.0. The second-order valence-electron chi connectivity index (χ2n) is 6.62. The molecule has 0 spiro atoms. The quantitative estimate of drug-likeness (QED) is 0.647. The molecule has 7 nitrogen and oxygen atoms in total. The van der Waals surface area contributed by atoms with E-state index in [2.05, 4.69) is 22.0 Å². The van der Waals surface area contributed by atoms with E-state index in [1.54, 1.807) is 19.1 Å². The van der Waals surface area contributed by atoms with Gasteiger partial charge in [0.15, 0.2) is 0 Å². The van der Waals surface area contributed by atoms with Gasteiger partial charge in [0.2, 0.25) is 0 Å². The Morgan fingerprint density at radius 1 is 1.11 bits per heavy atom. The van der Waals surface area contributed by atoms with Crippen molar-refractivity contribution in [2.24, 2.45) is 0 Å². The van der Waals surface area contributed by atoms with Crippen LogP contribution in [0.15, 0.2) is 42.5 Å². The number of likely N-dealkylation sites (N-methyl/N-ethyl adjacent to an activating group) is 1. The van der Waals surface area contributed by atoms with Crippen molar-refractivity contribution < 1.29 is 9.72 Å². The van der Waals surface area contributed by atoms with Gasteiger partial charge in [-0.05, 0) is 31.7 Å². The minimum Gasteiger partial charge on any atom is -0.367 e. The number of nitrogens with zero attached hydrogens (tertiary/aromatic N) is 3. The molecule has 1 aliphatic rings. The van der Waals surface area contributed by atoms with Crippen molar-refractivity contribution in [3.8, 4) is 0 Å². The Morgan fingerprint density at radius 3 is 2.48 bits per heavy atom. The van der Waals surface area contributed by atoms with Gasteiger partial charge in [0.1, 0.15) is 5.56 Å². The Balaban J connectivity index is 1.84. The number of amides is 1. The second kappa shape index (κ2) is 8.18. The van der Waals surface area contributed by atoms with Crippen LogP contribution >= 0.6 is 0 Å². The lowest BCUT2D eigenvalue weighted by atomic mass is 10.1. The zero-order valence-electron chi connectivity index (χ0n) is 15.6. The lowest BCUT2D eigenvalue weighted by molar-refractivity contribution is -0.385. The molecular formula is C20H24N4O3. The molecule has 3 rings (SSSR count). The first kappa shape index (κ1) is 18.8. The summed E-state index contributed by atoms with van der Waals surface area (Å²) in [5, 5.41) is 14.3. The van der Waals surface area contributed by atoms with Crippen LogP contribution in [0.25, 0.3) is 0 Å². The number of aryl methyl sites for hydroxylation is 1. The Hall–Kier alpha value is -2.93. The largest absolute Gasteiger partial charge is 0.367 e. The third-order valence-electron chi connectivity index (χ3n) is 4.98. The van der Waals surface area contributed by atoms with Crippen molar-refractivity contribution >= 4 is 23.0 Å². The fourth-order valence-corrected chi connectivity index (χ4v) is 3.43. The van der Waals surface area contributed by atoms with E-state index in [9.17, 15) is 14.9 Å². The maximum absolute atomic E-state index is 12.8. The molecule has 2 aromatic carbocycles. The summed E-state index contributed by atoms with van der Waals surface area (Å²) in [6.07, 6.45) is 0. The Bertz CT molecular complexity index is 845. The van der Waals surface area contributed by atoms with Crippen LogP contribution in [0.4, 0.5) is 17.1 Å². The highest BCUT2D eigenvalue weighted by atomic mass is 16.6. The molecule has 0 saturated carbocycles. The molecule has 0 aromatic heterocycles. The van der Waals surface area contributed by atoms with Crippen LogP contribution in [-0.2, 0) is 0 Å². The Kier molecular flexibility index (Phi) is 5.71. The maximum Gasteiger partial charge on any atom is 0.285 e. The Labute approximate surface area is 158 Å². The van der Waals surface area contributed by atoms with Gasteiger partial charge in [-0.25, -0.2) is 0 Å². The summed E-state index contributed by atoms with van der Waals surface area (Å²) < 4.78 is 0. The van der Waals surface area contributed by atoms with E-state index < -0.39 is 10.8 Å². The first-order valence-corrected chi connectivity index (χ1v) is 9.13. The molecule has 1 fully saturated rings. The fourth-order valence-electron chi connectivity index (χ4n) is 3.43. The summed E-state index contributed by atoms with van der Waals surface area (Å²) in [7, 11) is 0. The number of piperazine rings is 1. The topological polar surface area (TPSA) is 78.7 Å². The normalized spacial score (nSPS) is 14.8. The number of anilines is 2. The average Bonchev–Trinajstić information content (AvgIpc) is 2.68. The van der Waals surface area contributed by atoms with Gasteiger partial charge in [-0.3, -0.25) is 14.9 Å². The van der Waals surface area contributed by atoms with Gasteiger partial charge < -0.3 is 15.1 Å². The van der Waals surface area contributed by atoms with E-state index in [-0.39, 0.29) is 11.3 Å². The maximum atomic E-state index is 12.8. The highest BCUT2D eigenvalue weighted by Gasteiger charge is 2.24. The zero-order valence-corrected chi connectivity index (χ0v) is 15.6. The van der Waals surface area contributed by atoms with Gasteiger partial charge in [0, 0.05) is 31.7 Å². The van der Waals surface area contributed by atoms with Crippen LogP contribution in [0.3, 0.4) is 0 Å². The van der Waals surface area contributed by atoms with E-state index in [1.165, 1.54) is 6.07 Å². The first-order valence-electron chi connectivity index (χ1n) is 9.13. The van der Waals surface area contributed by atoms with E-state index >= 15 is 0 Å². The second-order valence-corrected chi connectivity index (χ2v) is 6.62. The van der Waals surface area contributed by atoms with Crippen LogP contribution in [0.1, 0.15) is 22.8 Å². The monoisotopic (exact) mass is 368 g/mol. The Morgan fingerprint density at radius 2 is 1.81 bits per heavy atom. The highest BCUT2D eigenvalue weighted by Crippen LogP contribution is 2.29. The molecule has 7 heteroatoms. The van der Waals surface area contributed by atoms with Gasteiger partial charge in [0.25, 0.3) is 11.6 Å².